The second-order valence-electron chi connectivity index (χ2n) is 8.72. The molecule has 174 valence electrons. The highest BCUT2D eigenvalue weighted by Crippen LogP contribution is 2.27. The van der Waals surface area contributed by atoms with Crippen LogP contribution in [-0.4, -0.2) is 45.6 Å². The van der Waals surface area contributed by atoms with Gasteiger partial charge >= 0.3 is 6.03 Å². The number of benzene rings is 1. The largest absolute Gasteiger partial charge is 0.497 e. The molecular formula is C23H33N5O3S. The molecule has 0 spiro atoms. The van der Waals surface area contributed by atoms with Gasteiger partial charge in [0, 0.05) is 18.2 Å². The molecule has 1 aromatic heterocycles. The summed E-state index contributed by atoms with van der Waals surface area (Å²) in [6, 6.07) is 7.36. The van der Waals surface area contributed by atoms with Gasteiger partial charge in [0.15, 0.2) is 11.0 Å². The lowest BCUT2D eigenvalue weighted by Gasteiger charge is -2.29. The van der Waals surface area contributed by atoms with Crippen LogP contribution < -0.4 is 15.4 Å². The van der Waals surface area contributed by atoms with Gasteiger partial charge in [0.1, 0.15) is 5.75 Å². The number of thioether (sulfide) groups is 1. The van der Waals surface area contributed by atoms with Crippen molar-refractivity contribution < 1.29 is 14.3 Å². The van der Waals surface area contributed by atoms with Gasteiger partial charge in [-0.1, -0.05) is 45.4 Å². The predicted octanol–water partition coefficient (Wildman–Crippen LogP) is 4.11. The zero-order chi connectivity index (χ0) is 23.1. The Bertz CT molecular complexity index is 913. The maximum absolute atomic E-state index is 12.4. The van der Waals surface area contributed by atoms with Crippen LogP contribution in [0.1, 0.15) is 46.5 Å². The molecule has 0 saturated heterocycles. The minimum atomic E-state index is -0.420. The lowest BCUT2D eigenvalue weighted by molar-refractivity contribution is -0.117. The minimum absolute atomic E-state index is 0.0898. The topological polar surface area (TPSA) is 98.1 Å². The van der Waals surface area contributed by atoms with E-state index in [9.17, 15) is 9.59 Å². The van der Waals surface area contributed by atoms with E-state index in [0.29, 0.717) is 17.0 Å². The lowest BCUT2D eigenvalue weighted by atomic mass is 9.86. The molecule has 3 amide bonds. The summed E-state index contributed by atoms with van der Waals surface area (Å²) in [5, 5.41) is 14.7. The van der Waals surface area contributed by atoms with E-state index < -0.39 is 6.03 Å². The number of imide groups is 1. The number of methoxy groups -OCH3 is 1. The van der Waals surface area contributed by atoms with E-state index >= 15 is 0 Å². The van der Waals surface area contributed by atoms with Crippen molar-refractivity contribution in [2.24, 2.45) is 11.8 Å². The van der Waals surface area contributed by atoms with Crippen molar-refractivity contribution >= 4 is 23.7 Å². The Morgan fingerprint density at radius 2 is 1.91 bits per heavy atom. The van der Waals surface area contributed by atoms with Crippen LogP contribution in [-0.2, 0) is 11.3 Å². The third-order valence-electron chi connectivity index (χ3n) is 5.63. The molecule has 1 aliphatic rings. The molecule has 1 heterocycles. The average Bonchev–Trinajstić information content (AvgIpc) is 3.15. The number of aromatic nitrogens is 3. The molecule has 0 aliphatic heterocycles. The molecule has 0 radical (unpaired) electrons. The van der Waals surface area contributed by atoms with E-state index in [1.165, 1.54) is 18.2 Å². The first-order valence-corrected chi connectivity index (χ1v) is 12.2. The van der Waals surface area contributed by atoms with Gasteiger partial charge in [-0.3, -0.25) is 10.1 Å². The zero-order valence-corrected chi connectivity index (χ0v) is 20.1. The summed E-state index contributed by atoms with van der Waals surface area (Å²) in [4.78, 5) is 24.6. The third-order valence-corrected chi connectivity index (χ3v) is 6.59. The Balaban J connectivity index is 1.61. The van der Waals surface area contributed by atoms with Gasteiger partial charge in [0.05, 0.1) is 12.9 Å². The van der Waals surface area contributed by atoms with Crippen molar-refractivity contribution in [3.8, 4) is 17.1 Å². The van der Waals surface area contributed by atoms with Crippen LogP contribution in [0.5, 0.6) is 5.75 Å². The van der Waals surface area contributed by atoms with Gasteiger partial charge in [-0.2, -0.15) is 0 Å². The van der Waals surface area contributed by atoms with Gasteiger partial charge in [-0.15, -0.1) is 10.2 Å². The summed E-state index contributed by atoms with van der Waals surface area (Å²) in [6.45, 7) is 7.10. The molecule has 1 saturated carbocycles. The Labute approximate surface area is 193 Å². The van der Waals surface area contributed by atoms with E-state index in [4.69, 9.17) is 4.74 Å². The van der Waals surface area contributed by atoms with Crippen molar-refractivity contribution in [2.75, 3.05) is 12.9 Å². The number of carbonyl (C=O) groups excluding carboxylic acids is 2. The van der Waals surface area contributed by atoms with Crippen molar-refractivity contribution in [3.05, 3.63) is 24.3 Å². The number of amides is 3. The highest BCUT2D eigenvalue weighted by atomic mass is 32.2. The molecule has 1 fully saturated rings. The molecule has 1 aliphatic carbocycles. The van der Waals surface area contributed by atoms with Crippen LogP contribution in [0.15, 0.2) is 29.4 Å². The molecular weight excluding hydrogens is 426 g/mol. The van der Waals surface area contributed by atoms with Gasteiger partial charge in [-0.05, 0) is 48.9 Å². The van der Waals surface area contributed by atoms with Crippen LogP contribution in [0.3, 0.4) is 0 Å². The molecule has 2 atom stereocenters. The van der Waals surface area contributed by atoms with Crippen molar-refractivity contribution in [1.29, 1.82) is 0 Å². The summed E-state index contributed by atoms with van der Waals surface area (Å²) < 4.78 is 7.25. The average molecular weight is 460 g/mol. The Morgan fingerprint density at radius 1 is 1.19 bits per heavy atom. The molecule has 8 nitrogen and oxygen atoms in total. The monoisotopic (exact) mass is 459 g/mol. The standard InChI is InChI=1S/C23H33N5O3S/c1-15(2)13-28-21(17-9-11-18(31-4)12-10-17)26-27-23(28)32-14-20(29)25-22(30)24-19-8-6-5-7-16(19)3/h9-12,15-16,19H,5-8,13-14H2,1-4H3,(H2,24,25,29,30)/t16-,19+/m0/s1. The fraction of sp³-hybridized carbons (Fsp3) is 0.565. The molecule has 1 aromatic carbocycles. The zero-order valence-electron chi connectivity index (χ0n) is 19.3. The first-order valence-electron chi connectivity index (χ1n) is 11.2. The van der Waals surface area contributed by atoms with E-state index in [-0.39, 0.29) is 17.7 Å². The van der Waals surface area contributed by atoms with E-state index in [2.05, 4.69) is 41.6 Å². The Kier molecular flexibility index (Phi) is 8.55. The number of urea groups is 1. The summed E-state index contributed by atoms with van der Waals surface area (Å²) in [5.74, 6) is 2.07. The molecule has 0 unspecified atom stereocenters. The van der Waals surface area contributed by atoms with Crippen molar-refractivity contribution in [3.63, 3.8) is 0 Å². The lowest BCUT2D eigenvalue weighted by Crippen LogP contribution is -2.48. The molecule has 0 bridgehead atoms. The van der Waals surface area contributed by atoms with Crippen LogP contribution in [0.2, 0.25) is 0 Å². The van der Waals surface area contributed by atoms with Gasteiger partial charge in [0.2, 0.25) is 5.91 Å². The molecule has 32 heavy (non-hydrogen) atoms. The highest BCUT2D eigenvalue weighted by molar-refractivity contribution is 7.99. The van der Waals surface area contributed by atoms with Gasteiger partial charge < -0.3 is 14.6 Å². The first-order chi connectivity index (χ1) is 15.4. The molecule has 2 N–H and O–H groups in total. The molecule has 2 aromatic rings. The SMILES string of the molecule is COc1ccc(-c2nnc(SCC(=O)NC(=O)N[C@@H]3CCCC[C@@H]3C)n2CC(C)C)cc1. The maximum Gasteiger partial charge on any atom is 0.321 e. The van der Waals surface area contributed by atoms with E-state index in [0.717, 1.165) is 42.9 Å². The number of nitrogens with zero attached hydrogens (tertiary/aromatic N) is 3. The van der Waals surface area contributed by atoms with Gasteiger partial charge in [0.25, 0.3) is 0 Å². The Hall–Kier alpha value is -2.55. The second-order valence-corrected chi connectivity index (χ2v) is 9.66. The number of nitrogens with one attached hydrogen (secondary N) is 2. The van der Waals surface area contributed by atoms with Crippen LogP contribution in [0, 0.1) is 11.8 Å². The summed E-state index contributed by atoms with van der Waals surface area (Å²) in [6.07, 6.45) is 4.38. The molecule has 9 heteroatoms. The van der Waals surface area contributed by atoms with Crippen LogP contribution >= 0.6 is 11.8 Å². The summed E-state index contributed by atoms with van der Waals surface area (Å²) in [7, 11) is 1.63. The minimum Gasteiger partial charge on any atom is -0.497 e. The van der Waals surface area contributed by atoms with E-state index in [1.54, 1.807) is 7.11 Å². The fourth-order valence-electron chi connectivity index (χ4n) is 3.91. The van der Waals surface area contributed by atoms with Crippen molar-refractivity contribution in [2.45, 2.75) is 64.2 Å². The summed E-state index contributed by atoms with van der Waals surface area (Å²) in [5.41, 5.74) is 0.927. The van der Waals surface area contributed by atoms with Gasteiger partial charge in [-0.25, -0.2) is 4.79 Å². The number of hydrogen-bond acceptors (Lipinski definition) is 6. The first kappa shape index (κ1) is 24.1. The fourth-order valence-corrected chi connectivity index (χ4v) is 4.65. The highest BCUT2D eigenvalue weighted by Gasteiger charge is 2.23. The smallest absolute Gasteiger partial charge is 0.321 e. The normalized spacial score (nSPS) is 18.4. The third kappa shape index (κ3) is 6.48. The number of hydrogen-bond donors (Lipinski definition) is 2. The Morgan fingerprint density at radius 3 is 2.56 bits per heavy atom. The maximum atomic E-state index is 12.4. The van der Waals surface area contributed by atoms with E-state index in [1.807, 2.05) is 28.8 Å². The number of carbonyl (C=O) groups is 2. The molecule has 3 rings (SSSR count). The van der Waals surface area contributed by atoms with Crippen molar-refractivity contribution in [1.82, 2.24) is 25.4 Å². The summed E-state index contributed by atoms with van der Waals surface area (Å²) >= 11 is 1.28. The second kappa shape index (κ2) is 11.4. The number of rotatable bonds is 8. The predicted molar refractivity (Wildman–Crippen MR) is 126 cm³/mol. The number of ether oxygens (including phenoxy) is 1. The van der Waals surface area contributed by atoms with Crippen LogP contribution in [0.25, 0.3) is 11.4 Å². The quantitative estimate of drug-likeness (QED) is 0.577. The van der Waals surface area contributed by atoms with Crippen LogP contribution in [0.4, 0.5) is 4.79 Å².